The molecule has 13 heteroatoms. The smallest absolute Gasteiger partial charge is 0.334 e. The Balaban J connectivity index is 1.46. The van der Waals surface area contributed by atoms with Crippen LogP contribution >= 0.6 is 0 Å². The number of nitrogens with one attached hydrogen (secondary N) is 3. The Morgan fingerprint density at radius 2 is 1.89 bits per heavy atom. The molecule has 0 radical (unpaired) electrons. The summed E-state index contributed by atoms with van der Waals surface area (Å²) in [7, 11) is 1.29. The minimum absolute atomic E-state index is 0.0277. The van der Waals surface area contributed by atoms with Crippen LogP contribution in [0.25, 0.3) is 0 Å². The van der Waals surface area contributed by atoms with Crippen LogP contribution in [0.5, 0.6) is 5.75 Å². The van der Waals surface area contributed by atoms with Crippen molar-refractivity contribution in [1.82, 2.24) is 15.6 Å². The molecule has 2 aromatic carbocycles. The molecule has 4 N–H and O–H groups in total. The summed E-state index contributed by atoms with van der Waals surface area (Å²) in [6.45, 7) is 7.27. The number of carbonyl (C=O) groups is 3. The fourth-order valence-corrected chi connectivity index (χ4v) is 6.77. The number of aromatic nitrogens is 1. The molecule has 5 heterocycles. The Morgan fingerprint density at radius 1 is 1.11 bits per heavy atom. The largest absolute Gasteiger partial charge is 0.473 e. The van der Waals surface area contributed by atoms with Gasteiger partial charge in [-0.15, -0.1) is 0 Å². The van der Waals surface area contributed by atoms with Gasteiger partial charge < -0.3 is 39.7 Å². The third-order valence-corrected chi connectivity index (χ3v) is 9.28. The van der Waals surface area contributed by atoms with Crippen molar-refractivity contribution in [1.29, 1.82) is 0 Å². The highest BCUT2D eigenvalue weighted by molar-refractivity contribution is 5.98. The highest BCUT2D eigenvalue weighted by atomic mass is 16.5. The molecule has 1 aromatic heterocycles. The van der Waals surface area contributed by atoms with Crippen molar-refractivity contribution in [3.63, 3.8) is 0 Å². The van der Waals surface area contributed by atoms with Gasteiger partial charge in [-0.1, -0.05) is 58.0 Å². The number of fused-ring (bicyclic) bond motifs is 4. The minimum atomic E-state index is -1.29. The van der Waals surface area contributed by atoms with Crippen LogP contribution in [-0.4, -0.2) is 71.9 Å². The third kappa shape index (κ3) is 4.82. The van der Waals surface area contributed by atoms with E-state index in [1.165, 1.54) is 7.11 Å². The number of para-hydroxylation sites is 1. The van der Waals surface area contributed by atoms with Gasteiger partial charge in [0.15, 0.2) is 23.7 Å². The summed E-state index contributed by atoms with van der Waals surface area (Å²) in [5.41, 5.74) is 2.43. The molecule has 1 spiro atoms. The van der Waals surface area contributed by atoms with E-state index in [0.717, 1.165) is 22.4 Å². The first kappa shape index (κ1) is 30.7. The number of oxazole rings is 1. The average molecular weight is 644 g/mol. The second-order valence-corrected chi connectivity index (χ2v) is 13.0. The van der Waals surface area contributed by atoms with Crippen molar-refractivity contribution < 1.29 is 38.1 Å². The summed E-state index contributed by atoms with van der Waals surface area (Å²) >= 11 is 0. The van der Waals surface area contributed by atoms with E-state index in [9.17, 15) is 19.5 Å². The van der Waals surface area contributed by atoms with Crippen LogP contribution < -0.4 is 20.7 Å². The lowest BCUT2D eigenvalue weighted by Gasteiger charge is -2.29. The molecule has 0 saturated carbocycles. The fraction of sp³-hybridized carbons (Fsp3) is 0.441. The van der Waals surface area contributed by atoms with Crippen molar-refractivity contribution in [2.45, 2.75) is 70.0 Å². The number of amides is 2. The summed E-state index contributed by atoms with van der Waals surface area (Å²) in [5.74, 6) is -0.895. The van der Waals surface area contributed by atoms with Crippen molar-refractivity contribution >= 4 is 29.4 Å². The van der Waals surface area contributed by atoms with Crippen molar-refractivity contribution in [3.8, 4) is 5.75 Å². The Morgan fingerprint density at radius 3 is 2.64 bits per heavy atom. The molecule has 0 fully saturated rings. The van der Waals surface area contributed by atoms with Gasteiger partial charge in [-0.05, 0) is 35.1 Å². The summed E-state index contributed by atoms with van der Waals surface area (Å²) in [4.78, 5) is 48.9. The Bertz CT molecular complexity index is 1800. The molecule has 0 saturated heterocycles. The lowest BCUT2D eigenvalue weighted by Crippen LogP contribution is -2.52. The molecular weight excluding hydrogens is 606 g/mol. The predicted octanol–water partition coefficient (Wildman–Crippen LogP) is 2.34. The SMILES string of the molecule is COC(=O)[C@H]1COC(c2nc3oc2C24c5ccccc5NC2Oc2ccc(cc24)CC(NC(=O)[C@@H](O)C(C)C)C(=O)N[C@H]3C(C)C)=N1. The number of aliphatic imine (C=N–C) groups is 1. The van der Waals surface area contributed by atoms with Gasteiger partial charge in [-0.3, -0.25) is 9.59 Å². The summed E-state index contributed by atoms with van der Waals surface area (Å²) in [6, 6.07) is 10.8. The Hall–Kier alpha value is -4.91. The molecule has 3 aromatic rings. The van der Waals surface area contributed by atoms with E-state index in [4.69, 9.17) is 23.6 Å². The number of benzene rings is 2. The maximum Gasteiger partial charge on any atom is 0.334 e. The molecule has 7 rings (SSSR count). The van der Waals surface area contributed by atoms with Crippen LogP contribution in [-0.2, 0) is 35.7 Å². The molecule has 2 amide bonds. The third-order valence-electron chi connectivity index (χ3n) is 9.28. The normalized spacial score (nSPS) is 26.0. The van der Waals surface area contributed by atoms with E-state index >= 15 is 0 Å². The first-order valence-corrected chi connectivity index (χ1v) is 15.8. The lowest BCUT2D eigenvalue weighted by molar-refractivity contribution is -0.142. The van der Waals surface area contributed by atoms with Gasteiger partial charge in [0.2, 0.25) is 23.6 Å². The van der Waals surface area contributed by atoms with Crippen LogP contribution in [0.3, 0.4) is 0 Å². The van der Waals surface area contributed by atoms with E-state index in [1.807, 2.05) is 56.3 Å². The van der Waals surface area contributed by atoms with Gasteiger partial charge in [0.25, 0.3) is 0 Å². The van der Waals surface area contributed by atoms with Gasteiger partial charge in [0, 0.05) is 17.7 Å². The second kappa shape index (κ2) is 11.4. The predicted molar refractivity (Wildman–Crippen MR) is 168 cm³/mol. The number of anilines is 1. The maximum atomic E-state index is 14.0. The number of esters is 1. The Kier molecular flexibility index (Phi) is 7.46. The van der Waals surface area contributed by atoms with Crippen LogP contribution in [0.4, 0.5) is 5.69 Å². The molecule has 13 nitrogen and oxygen atoms in total. The average Bonchev–Trinajstić information content (AvgIpc) is 3.83. The number of methoxy groups -OCH3 is 1. The van der Waals surface area contributed by atoms with Gasteiger partial charge in [-0.2, -0.15) is 0 Å². The van der Waals surface area contributed by atoms with Crippen LogP contribution in [0, 0.1) is 11.8 Å². The molecule has 0 aliphatic carbocycles. The standard InChI is InChI=1S/C34H37N5O8/c1-15(2)24-31-39-25(30-36-22(14-45-30)32(43)44-5)27(47-31)34-18-8-6-7-9-20(18)37-33(34)46-23-11-10-17(12-19(23)34)13-21(28(41)38-24)35-29(42)26(40)16(3)4/h6-12,15-16,21-22,24,26,33,37,40H,13-14H2,1-5H3,(H,35,42)(H,38,41)/t21?,22-,24+,26+,33?,34?/m1/s1. The monoisotopic (exact) mass is 643 g/mol. The van der Waals surface area contributed by atoms with E-state index in [2.05, 4.69) is 20.9 Å². The van der Waals surface area contributed by atoms with E-state index in [0.29, 0.717) is 11.5 Å². The van der Waals surface area contributed by atoms with Gasteiger partial charge in [-0.25, -0.2) is 14.8 Å². The molecule has 4 aliphatic rings. The van der Waals surface area contributed by atoms with E-state index in [1.54, 1.807) is 13.8 Å². The number of aliphatic hydroxyl groups is 1. The second-order valence-electron chi connectivity index (χ2n) is 13.0. The van der Waals surface area contributed by atoms with Crippen molar-refractivity contribution in [3.05, 3.63) is 76.5 Å². The van der Waals surface area contributed by atoms with Gasteiger partial charge >= 0.3 is 5.97 Å². The first-order chi connectivity index (χ1) is 22.5. The zero-order chi connectivity index (χ0) is 33.2. The van der Waals surface area contributed by atoms with E-state index in [-0.39, 0.29) is 42.3 Å². The number of ether oxygens (including phenoxy) is 3. The topological polar surface area (TPSA) is 174 Å². The highest BCUT2D eigenvalue weighted by Gasteiger charge is 2.61. The summed E-state index contributed by atoms with van der Waals surface area (Å²) in [5, 5.41) is 19.8. The molecule has 4 bridgehead atoms. The molecule has 6 atom stereocenters. The number of aliphatic hydroxyl groups excluding tert-OH is 1. The summed E-state index contributed by atoms with van der Waals surface area (Å²) < 4.78 is 24.2. The number of carbonyl (C=O) groups excluding carboxylic acids is 3. The first-order valence-electron chi connectivity index (χ1n) is 15.8. The summed E-state index contributed by atoms with van der Waals surface area (Å²) in [6.07, 6.45) is -1.79. The Labute approximate surface area is 271 Å². The fourth-order valence-electron chi connectivity index (χ4n) is 6.77. The molecule has 246 valence electrons. The number of nitrogens with zero attached hydrogens (tertiary/aromatic N) is 2. The highest BCUT2D eigenvalue weighted by Crippen LogP contribution is 2.58. The lowest BCUT2D eigenvalue weighted by atomic mass is 9.72. The molecule has 3 unspecified atom stereocenters. The van der Waals surface area contributed by atoms with Crippen LogP contribution in [0.1, 0.15) is 67.8 Å². The number of rotatable bonds is 6. The zero-order valence-electron chi connectivity index (χ0n) is 26.7. The minimum Gasteiger partial charge on any atom is -0.473 e. The van der Waals surface area contributed by atoms with Crippen molar-refractivity contribution in [2.75, 3.05) is 19.0 Å². The molecule has 4 aliphatic heterocycles. The van der Waals surface area contributed by atoms with Gasteiger partial charge in [0.05, 0.1) is 7.11 Å². The molecule has 47 heavy (non-hydrogen) atoms. The zero-order valence-corrected chi connectivity index (χ0v) is 26.7. The van der Waals surface area contributed by atoms with Gasteiger partial charge in [0.1, 0.15) is 36.0 Å². The number of hydrogen-bond acceptors (Lipinski definition) is 11. The van der Waals surface area contributed by atoms with Crippen LogP contribution in [0.15, 0.2) is 51.9 Å². The van der Waals surface area contributed by atoms with Crippen molar-refractivity contribution in [2.24, 2.45) is 16.8 Å². The molecular formula is C34H37N5O8. The number of hydrogen-bond donors (Lipinski definition) is 4. The maximum absolute atomic E-state index is 14.0. The van der Waals surface area contributed by atoms with Crippen LogP contribution in [0.2, 0.25) is 0 Å². The quantitative estimate of drug-likeness (QED) is 0.292. The van der Waals surface area contributed by atoms with E-state index < -0.39 is 53.7 Å².